The van der Waals surface area contributed by atoms with Crippen molar-refractivity contribution in [2.45, 2.75) is 29.9 Å². The van der Waals surface area contributed by atoms with Gasteiger partial charge in [-0.2, -0.15) is 0 Å². The zero-order valence-electron chi connectivity index (χ0n) is 11.9. The second kappa shape index (κ2) is 5.54. The van der Waals surface area contributed by atoms with E-state index in [9.17, 15) is 9.50 Å². The molecule has 1 atom stereocenters. The summed E-state index contributed by atoms with van der Waals surface area (Å²) in [5.41, 5.74) is 2.26. The fraction of sp³-hybridized carbons (Fsp3) is 0.176. The highest BCUT2D eigenvalue weighted by Crippen LogP contribution is 2.35. The van der Waals surface area contributed by atoms with Gasteiger partial charge in [-0.15, -0.1) is 0 Å². The third-order valence-corrected chi connectivity index (χ3v) is 4.48. The van der Waals surface area contributed by atoms with Gasteiger partial charge in [-0.1, -0.05) is 30.0 Å². The zero-order valence-corrected chi connectivity index (χ0v) is 12.7. The maximum atomic E-state index is 13.7. The summed E-state index contributed by atoms with van der Waals surface area (Å²) < 4.78 is 13.7. The molecule has 21 heavy (non-hydrogen) atoms. The van der Waals surface area contributed by atoms with Crippen molar-refractivity contribution in [3.8, 4) is 0 Å². The Morgan fingerprint density at radius 2 is 1.95 bits per heavy atom. The number of H-pyrrole nitrogens is 1. The van der Waals surface area contributed by atoms with Gasteiger partial charge >= 0.3 is 0 Å². The molecule has 0 amide bonds. The number of benzene rings is 2. The van der Waals surface area contributed by atoms with Gasteiger partial charge in [0.2, 0.25) is 0 Å². The second-order valence-corrected chi connectivity index (χ2v) is 6.22. The molecule has 0 aliphatic rings. The molecule has 2 nitrogen and oxygen atoms in total. The van der Waals surface area contributed by atoms with Crippen LogP contribution in [0.15, 0.2) is 52.4 Å². The molecule has 1 heterocycles. The van der Waals surface area contributed by atoms with Gasteiger partial charge in [-0.3, -0.25) is 0 Å². The van der Waals surface area contributed by atoms with Crippen molar-refractivity contribution in [2.75, 3.05) is 0 Å². The number of halogens is 1. The SMILES string of the molecule is Cc1cc(Sc2cc3ccccc3[nH]2)c([C@@H](C)O)cc1F. The lowest BCUT2D eigenvalue weighted by Crippen LogP contribution is -1.97. The molecule has 2 N–H and O–H groups in total. The van der Waals surface area contributed by atoms with Crippen molar-refractivity contribution < 1.29 is 9.50 Å². The largest absolute Gasteiger partial charge is 0.389 e. The Labute approximate surface area is 127 Å². The van der Waals surface area contributed by atoms with Gasteiger partial charge in [0, 0.05) is 15.8 Å². The first-order chi connectivity index (χ1) is 10.0. The Hall–Kier alpha value is -1.78. The summed E-state index contributed by atoms with van der Waals surface area (Å²) >= 11 is 1.51. The van der Waals surface area contributed by atoms with E-state index in [2.05, 4.69) is 11.1 Å². The average molecular weight is 301 g/mol. The van der Waals surface area contributed by atoms with Crippen LogP contribution in [0.4, 0.5) is 4.39 Å². The fourth-order valence-corrected chi connectivity index (χ4v) is 3.47. The fourth-order valence-electron chi connectivity index (χ4n) is 2.31. The van der Waals surface area contributed by atoms with Gasteiger partial charge in [0.25, 0.3) is 0 Å². The predicted octanol–water partition coefficient (Wildman–Crippen LogP) is 4.82. The number of rotatable bonds is 3. The van der Waals surface area contributed by atoms with Crippen molar-refractivity contribution in [2.24, 2.45) is 0 Å². The van der Waals surface area contributed by atoms with Crippen LogP contribution in [0.25, 0.3) is 10.9 Å². The van der Waals surface area contributed by atoms with Crippen molar-refractivity contribution in [3.63, 3.8) is 0 Å². The third-order valence-electron chi connectivity index (χ3n) is 3.47. The van der Waals surface area contributed by atoms with Crippen molar-refractivity contribution in [1.29, 1.82) is 0 Å². The van der Waals surface area contributed by atoms with Crippen LogP contribution < -0.4 is 0 Å². The molecule has 0 aliphatic heterocycles. The van der Waals surface area contributed by atoms with Crippen LogP contribution >= 0.6 is 11.8 Å². The van der Waals surface area contributed by atoms with Crippen LogP contribution in [0.2, 0.25) is 0 Å². The first kappa shape index (κ1) is 14.2. The number of aliphatic hydroxyl groups is 1. The van der Waals surface area contributed by atoms with Gasteiger partial charge in [-0.25, -0.2) is 4.39 Å². The van der Waals surface area contributed by atoms with Crippen molar-refractivity contribution in [1.82, 2.24) is 4.98 Å². The zero-order chi connectivity index (χ0) is 15.0. The van der Waals surface area contributed by atoms with Crippen LogP contribution in [0.1, 0.15) is 24.2 Å². The van der Waals surface area contributed by atoms with Crippen LogP contribution in [0, 0.1) is 12.7 Å². The molecule has 3 aromatic rings. The quantitative estimate of drug-likeness (QED) is 0.727. The Kier molecular flexibility index (Phi) is 3.74. The topological polar surface area (TPSA) is 36.0 Å². The summed E-state index contributed by atoms with van der Waals surface area (Å²) in [5.74, 6) is -0.285. The van der Waals surface area contributed by atoms with E-state index in [0.717, 1.165) is 20.8 Å². The lowest BCUT2D eigenvalue weighted by molar-refractivity contribution is 0.196. The summed E-state index contributed by atoms with van der Waals surface area (Å²) in [5, 5.41) is 12.0. The molecule has 0 saturated heterocycles. The monoisotopic (exact) mass is 301 g/mol. The smallest absolute Gasteiger partial charge is 0.126 e. The van der Waals surface area contributed by atoms with Gasteiger partial charge in [0.05, 0.1) is 11.1 Å². The van der Waals surface area contributed by atoms with E-state index in [-0.39, 0.29) is 5.82 Å². The number of para-hydroxylation sites is 1. The molecule has 0 unspecified atom stereocenters. The summed E-state index contributed by atoms with van der Waals surface area (Å²) in [7, 11) is 0. The lowest BCUT2D eigenvalue weighted by atomic mass is 10.1. The number of hydrogen-bond donors (Lipinski definition) is 2. The van der Waals surface area contributed by atoms with Crippen LogP contribution in [-0.2, 0) is 0 Å². The first-order valence-corrected chi connectivity index (χ1v) is 7.60. The standard InChI is InChI=1S/C17H16FNOS/c1-10-7-16(13(11(2)20)9-14(10)18)21-17-8-12-5-3-4-6-15(12)19-17/h3-9,11,19-20H,1-2H3/t11-/m1/s1. The molecule has 0 spiro atoms. The molecule has 2 aromatic carbocycles. The maximum absolute atomic E-state index is 13.7. The van der Waals surface area contributed by atoms with E-state index in [1.54, 1.807) is 19.9 Å². The lowest BCUT2D eigenvalue weighted by Gasteiger charge is -2.12. The van der Waals surface area contributed by atoms with Crippen molar-refractivity contribution in [3.05, 3.63) is 59.4 Å². The molecule has 108 valence electrons. The normalized spacial score (nSPS) is 12.8. The summed E-state index contributed by atoms with van der Waals surface area (Å²) in [6, 6.07) is 13.3. The van der Waals surface area contributed by atoms with Crippen LogP contribution in [0.3, 0.4) is 0 Å². The first-order valence-electron chi connectivity index (χ1n) is 6.78. The van der Waals surface area contributed by atoms with Gasteiger partial charge in [-0.05, 0) is 49.2 Å². The highest BCUT2D eigenvalue weighted by Gasteiger charge is 2.14. The molecule has 0 aliphatic carbocycles. The van der Waals surface area contributed by atoms with E-state index in [4.69, 9.17) is 0 Å². The van der Waals surface area contributed by atoms with E-state index >= 15 is 0 Å². The summed E-state index contributed by atoms with van der Waals surface area (Å²) in [4.78, 5) is 4.20. The minimum absolute atomic E-state index is 0.285. The third kappa shape index (κ3) is 2.82. The molecule has 3 rings (SSSR count). The predicted molar refractivity (Wildman–Crippen MR) is 84.2 cm³/mol. The molecule has 1 aromatic heterocycles. The number of aliphatic hydroxyl groups excluding tert-OH is 1. The molecule has 0 saturated carbocycles. The number of aromatic amines is 1. The number of nitrogens with one attached hydrogen (secondary N) is 1. The molecular weight excluding hydrogens is 285 g/mol. The van der Waals surface area contributed by atoms with Crippen molar-refractivity contribution >= 4 is 22.7 Å². The maximum Gasteiger partial charge on any atom is 0.126 e. The minimum atomic E-state index is -0.702. The Morgan fingerprint density at radius 1 is 1.19 bits per heavy atom. The van der Waals surface area contributed by atoms with E-state index in [1.807, 2.05) is 24.3 Å². The molecule has 0 radical (unpaired) electrons. The Balaban J connectivity index is 2.02. The van der Waals surface area contributed by atoms with E-state index in [1.165, 1.54) is 17.8 Å². The summed E-state index contributed by atoms with van der Waals surface area (Å²) in [6.07, 6.45) is -0.702. The molecule has 4 heteroatoms. The second-order valence-electron chi connectivity index (χ2n) is 5.14. The Morgan fingerprint density at radius 3 is 2.67 bits per heavy atom. The molecular formula is C17H16FNOS. The number of hydrogen-bond acceptors (Lipinski definition) is 2. The average Bonchev–Trinajstić information content (AvgIpc) is 2.84. The highest BCUT2D eigenvalue weighted by atomic mass is 32.2. The Bertz CT molecular complexity index is 762. The number of aryl methyl sites for hydroxylation is 1. The van der Waals surface area contributed by atoms with Gasteiger partial charge in [0.1, 0.15) is 5.82 Å². The van der Waals surface area contributed by atoms with Gasteiger partial charge < -0.3 is 10.1 Å². The van der Waals surface area contributed by atoms with Gasteiger partial charge in [0.15, 0.2) is 0 Å². The van der Waals surface area contributed by atoms with E-state index in [0.29, 0.717) is 11.1 Å². The molecule has 0 fully saturated rings. The minimum Gasteiger partial charge on any atom is -0.389 e. The summed E-state index contributed by atoms with van der Waals surface area (Å²) in [6.45, 7) is 3.38. The molecule has 0 bridgehead atoms. The number of fused-ring (bicyclic) bond motifs is 1. The van der Waals surface area contributed by atoms with Crippen LogP contribution in [-0.4, -0.2) is 10.1 Å². The van der Waals surface area contributed by atoms with Crippen LogP contribution in [0.5, 0.6) is 0 Å². The highest BCUT2D eigenvalue weighted by molar-refractivity contribution is 7.99. The number of aromatic nitrogens is 1. The van der Waals surface area contributed by atoms with E-state index < -0.39 is 6.10 Å².